The van der Waals surface area contributed by atoms with Crippen molar-refractivity contribution in [2.45, 2.75) is 76.4 Å². The van der Waals surface area contributed by atoms with Crippen LogP contribution < -0.4 is 10.6 Å². The van der Waals surface area contributed by atoms with Gasteiger partial charge in [-0.25, -0.2) is 0 Å². The second-order valence-electron chi connectivity index (χ2n) is 6.55. The predicted molar refractivity (Wildman–Crippen MR) is 87.5 cm³/mol. The lowest BCUT2D eigenvalue weighted by atomic mass is 9.92. The van der Waals surface area contributed by atoms with Gasteiger partial charge in [0, 0.05) is 23.0 Å². The van der Waals surface area contributed by atoms with Gasteiger partial charge >= 0.3 is 0 Å². The second-order valence-corrected chi connectivity index (χ2v) is 7.55. The molecule has 0 spiro atoms. The largest absolute Gasteiger partial charge is 0.314 e. The standard InChI is InChI=1S/C17H28N2S/c1-13(12-14-6-3-2-4-10-18-14)19-16-7-5-8-17-15(16)9-11-20-17/h9,11,13-14,16,18-19H,2-8,10,12H2,1H3. The van der Waals surface area contributed by atoms with Gasteiger partial charge in [-0.15, -0.1) is 11.3 Å². The van der Waals surface area contributed by atoms with Crippen LogP contribution in [0.5, 0.6) is 0 Å². The average molecular weight is 292 g/mol. The summed E-state index contributed by atoms with van der Waals surface area (Å²) >= 11 is 1.94. The first kappa shape index (κ1) is 14.6. The Kier molecular flexibility index (Phi) is 5.14. The monoisotopic (exact) mass is 292 g/mol. The highest BCUT2D eigenvalue weighted by Crippen LogP contribution is 2.33. The molecule has 0 aromatic carbocycles. The van der Waals surface area contributed by atoms with Crippen molar-refractivity contribution in [1.82, 2.24) is 10.6 Å². The van der Waals surface area contributed by atoms with Crippen LogP contribution >= 0.6 is 11.3 Å². The highest BCUT2D eigenvalue weighted by Gasteiger charge is 2.23. The SMILES string of the molecule is CC(CC1CCCCCN1)NC1CCCc2sccc21. The van der Waals surface area contributed by atoms with Gasteiger partial charge in [-0.2, -0.15) is 0 Å². The lowest BCUT2D eigenvalue weighted by Crippen LogP contribution is -2.39. The third-order valence-corrected chi connectivity index (χ3v) is 5.83. The van der Waals surface area contributed by atoms with E-state index in [1.165, 1.54) is 57.9 Å². The summed E-state index contributed by atoms with van der Waals surface area (Å²) in [5.41, 5.74) is 1.59. The third kappa shape index (κ3) is 3.63. The molecule has 1 aliphatic heterocycles. The Bertz CT molecular complexity index is 407. The Balaban J connectivity index is 1.53. The maximum Gasteiger partial charge on any atom is 0.0333 e. The Morgan fingerprint density at radius 3 is 3.20 bits per heavy atom. The van der Waals surface area contributed by atoms with E-state index in [0.29, 0.717) is 12.1 Å². The van der Waals surface area contributed by atoms with Gasteiger partial charge < -0.3 is 10.6 Å². The normalized spacial score (nSPS) is 28.6. The average Bonchev–Trinajstić information content (AvgIpc) is 2.78. The Labute approximate surface area is 127 Å². The van der Waals surface area contributed by atoms with Crippen LogP contribution in [0, 0.1) is 0 Å². The fourth-order valence-corrected chi connectivity index (χ4v) is 4.79. The maximum atomic E-state index is 3.90. The van der Waals surface area contributed by atoms with Crippen molar-refractivity contribution in [3.63, 3.8) is 0 Å². The molecule has 1 aromatic heterocycles. The minimum Gasteiger partial charge on any atom is -0.314 e. The first-order valence-corrected chi connectivity index (χ1v) is 9.26. The molecule has 3 heteroatoms. The fourth-order valence-electron chi connectivity index (χ4n) is 3.80. The topological polar surface area (TPSA) is 24.1 Å². The zero-order chi connectivity index (χ0) is 13.8. The van der Waals surface area contributed by atoms with E-state index in [2.05, 4.69) is 29.0 Å². The van der Waals surface area contributed by atoms with Gasteiger partial charge in [0.25, 0.3) is 0 Å². The molecule has 0 radical (unpaired) electrons. The molecule has 1 saturated heterocycles. The summed E-state index contributed by atoms with van der Waals surface area (Å²) in [5, 5.41) is 9.89. The van der Waals surface area contributed by atoms with E-state index < -0.39 is 0 Å². The van der Waals surface area contributed by atoms with Crippen molar-refractivity contribution < 1.29 is 0 Å². The molecule has 20 heavy (non-hydrogen) atoms. The van der Waals surface area contributed by atoms with Crippen LogP contribution in [-0.2, 0) is 6.42 Å². The summed E-state index contributed by atoms with van der Waals surface area (Å²) in [7, 11) is 0. The van der Waals surface area contributed by atoms with Crippen LogP contribution in [0.2, 0.25) is 0 Å². The molecular formula is C17H28N2S. The van der Waals surface area contributed by atoms with Crippen molar-refractivity contribution in [1.29, 1.82) is 0 Å². The molecule has 0 saturated carbocycles. The van der Waals surface area contributed by atoms with Crippen molar-refractivity contribution in [2.24, 2.45) is 0 Å². The van der Waals surface area contributed by atoms with Gasteiger partial charge in [0.1, 0.15) is 0 Å². The van der Waals surface area contributed by atoms with Gasteiger partial charge in [-0.05, 0) is 69.0 Å². The van der Waals surface area contributed by atoms with Crippen LogP contribution in [-0.4, -0.2) is 18.6 Å². The van der Waals surface area contributed by atoms with Crippen LogP contribution in [0.1, 0.15) is 68.4 Å². The minimum atomic E-state index is 0.603. The van der Waals surface area contributed by atoms with Gasteiger partial charge in [0.05, 0.1) is 0 Å². The molecule has 0 bridgehead atoms. The molecule has 2 aliphatic rings. The van der Waals surface area contributed by atoms with E-state index in [9.17, 15) is 0 Å². The van der Waals surface area contributed by atoms with Crippen molar-refractivity contribution in [3.05, 3.63) is 21.9 Å². The van der Waals surface area contributed by atoms with Crippen LogP contribution in [0.25, 0.3) is 0 Å². The zero-order valence-electron chi connectivity index (χ0n) is 12.7. The first-order valence-electron chi connectivity index (χ1n) is 8.38. The number of hydrogen-bond acceptors (Lipinski definition) is 3. The molecule has 3 atom stereocenters. The second kappa shape index (κ2) is 7.06. The smallest absolute Gasteiger partial charge is 0.0333 e. The minimum absolute atomic E-state index is 0.603. The third-order valence-electron chi connectivity index (χ3n) is 4.84. The van der Waals surface area contributed by atoms with Crippen molar-refractivity contribution in [2.75, 3.05) is 6.54 Å². The molecule has 2 heterocycles. The van der Waals surface area contributed by atoms with Gasteiger partial charge in [0.15, 0.2) is 0 Å². The summed E-state index contributed by atoms with van der Waals surface area (Å²) in [4.78, 5) is 1.62. The number of aryl methyl sites for hydroxylation is 1. The lowest BCUT2D eigenvalue weighted by molar-refractivity contribution is 0.354. The van der Waals surface area contributed by atoms with Crippen molar-refractivity contribution >= 4 is 11.3 Å². The highest BCUT2D eigenvalue weighted by molar-refractivity contribution is 7.10. The molecule has 2 nitrogen and oxygen atoms in total. The Hall–Kier alpha value is -0.380. The molecule has 2 N–H and O–H groups in total. The molecular weight excluding hydrogens is 264 g/mol. The lowest BCUT2D eigenvalue weighted by Gasteiger charge is -2.29. The summed E-state index contributed by atoms with van der Waals surface area (Å²) in [6.07, 6.45) is 10.8. The van der Waals surface area contributed by atoms with Crippen LogP contribution in [0.4, 0.5) is 0 Å². The molecule has 1 aromatic rings. The predicted octanol–water partition coefficient (Wildman–Crippen LogP) is 4.03. The fraction of sp³-hybridized carbons (Fsp3) is 0.765. The van der Waals surface area contributed by atoms with Crippen LogP contribution in [0.15, 0.2) is 11.4 Å². The number of hydrogen-bond donors (Lipinski definition) is 2. The van der Waals surface area contributed by atoms with E-state index in [1.54, 1.807) is 10.4 Å². The zero-order valence-corrected chi connectivity index (χ0v) is 13.5. The molecule has 112 valence electrons. The van der Waals surface area contributed by atoms with E-state index >= 15 is 0 Å². The molecule has 3 rings (SSSR count). The molecule has 3 unspecified atom stereocenters. The molecule has 0 amide bonds. The van der Waals surface area contributed by atoms with Gasteiger partial charge in [-0.3, -0.25) is 0 Å². The number of thiophene rings is 1. The Morgan fingerprint density at radius 2 is 2.25 bits per heavy atom. The number of rotatable bonds is 4. The number of nitrogens with one attached hydrogen (secondary N) is 2. The van der Waals surface area contributed by atoms with E-state index in [-0.39, 0.29) is 0 Å². The van der Waals surface area contributed by atoms with E-state index in [1.807, 2.05) is 11.3 Å². The van der Waals surface area contributed by atoms with E-state index in [0.717, 1.165) is 6.04 Å². The summed E-state index contributed by atoms with van der Waals surface area (Å²) in [6.45, 7) is 3.59. The highest BCUT2D eigenvalue weighted by atomic mass is 32.1. The molecule has 1 aliphatic carbocycles. The summed E-state index contributed by atoms with van der Waals surface area (Å²) < 4.78 is 0. The Morgan fingerprint density at radius 1 is 1.30 bits per heavy atom. The summed E-state index contributed by atoms with van der Waals surface area (Å²) in [5.74, 6) is 0. The van der Waals surface area contributed by atoms with Crippen LogP contribution in [0.3, 0.4) is 0 Å². The number of fused-ring (bicyclic) bond motifs is 1. The van der Waals surface area contributed by atoms with Gasteiger partial charge in [0.2, 0.25) is 0 Å². The quantitative estimate of drug-likeness (QED) is 0.875. The maximum absolute atomic E-state index is 3.90. The van der Waals surface area contributed by atoms with Crippen molar-refractivity contribution in [3.8, 4) is 0 Å². The molecule has 1 fully saturated rings. The van der Waals surface area contributed by atoms with Gasteiger partial charge in [-0.1, -0.05) is 12.8 Å². The first-order chi connectivity index (χ1) is 9.83. The summed E-state index contributed by atoms with van der Waals surface area (Å²) in [6, 6.07) is 4.28. The van der Waals surface area contributed by atoms with E-state index in [4.69, 9.17) is 0 Å².